The van der Waals surface area contributed by atoms with Crippen molar-refractivity contribution in [1.29, 1.82) is 0 Å². The van der Waals surface area contributed by atoms with Crippen LogP contribution in [0, 0.1) is 0 Å². The normalized spacial score (nSPS) is 16.9. The molecule has 51 heavy (non-hydrogen) atoms. The molecule has 244 valence electrons. The van der Waals surface area contributed by atoms with Gasteiger partial charge in [-0.2, -0.15) is 0 Å². The number of para-hydroxylation sites is 2. The molecule has 1 aliphatic heterocycles. The Morgan fingerprint density at radius 3 is 2.20 bits per heavy atom. The van der Waals surface area contributed by atoms with Gasteiger partial charge in [0.2, 0.25) is 0 Å². The first-order valence-electron chi connectivity index (χ1n) is 17.9. The van der Waals surface area contributed by atoms with Crippen molar-refractivity contribution in [1.82, 2.24) is 4.57 Å². The molecule has 0 saturated heterocycles. The number of allylic oxidation sites excluding steroid dienone is 7. The van der Waals surface area contributed by atoms with Gasteiger partial charge in [0.15, 0.2) is 0 Å². The first-order valence-corrected chi connectivity index (χ1v) is 19.5. The van der Waals surface area contributed by atoms with Crippen LogP contribution in [0.1, 0.15) is 30.7 Å². The average molecular weight is 690 g/mol. The monoisotopic (exact) mass is 689 g/mol. The molecule has 1 aromatic heterocycles. The first kappa shape index (κ1) is 30.6. The van der Waals surface area contributed by atoms with Crippen LogP contribution in [-0.4, -0.2) is 4.57 Å². The van der Waals surface area contributed by atoms with Crippen molar-refractivity contribution in [3.8, 4) is 27.9 Å². The highest BCUT2D eigenvalue weighted by Crippen LogP contribution is 2.55. The summed E-state index contributed by atoms with van der Waals surface area (Å²) >= 11 is 3.92. The summed E-state index contributed by atoms with van der Waals surface area (Å²) in [5.74, 6) is 0.221. The molecular weight excluding hydrogens is 655 g/mol. The van der Waals surface area contributed by atoms with E-state index in [0.717, 1.165) is 19.3 Å². The maximum absolute atomic E-state index is 2.49. The number of nitrogens with zero attached hydrogens (tertiary/aromatic N) is 1. The highest BCUT2D eigenvalue weighted by Gasteiger charge is 2.30. The van der Waals surface area contributed by atoms with E-state index in [0.29, 0.717) is 0 Å². The fourth-order valence-corrected chi connectivity index (χ4v) is 10.7. The number of benzene rings is 6. The van der Waals surface area contributed by atoms with E-state index in [1.54, 1.807) is 0 Å². The number of aromatic nitrogens is 1. The van der Waals surface area contributed by atoms with Gasteiger partial charge in [-0.25, -0.2) is 0 Å². The van der Waals surface area contributed by atoms with Crippen LogP contribution in [0.4, 0.5) is 0 Å². The molecular formula is C48H35NS2. The van der Waals surface area contributed by atoms with E-state index in [4.69, 9.17) is 0 Å². The van der Waals surface area contributed by atoms with Crippen LogP contribution in [0.15, 0.2) is 201 Å². The fourth-order valence-electron chi connectivity index (χ4n) is 8.14. The second kappa shape index (κ2) is 12.8. The van der Waals surface area contributed by atoms with E-state index in [9.17, 15) is 0 Å². The number of hydrogen-bond donors (Lipinski definition) is 0. The summed E-state index contributed by atoms with van der Waals surface area (Å²) in [5, 5.41) is 2.59. The predicted octanol–water partition coefficient (Wildman–Crippen LogP) is 13.9. The Bertz CT molecular complexity index is 2600. The summed E-state index contributed by atoms with van der Waals surface area (Å²) in [4.78, 5) is 5.42. The van der Waals surface area contributed by atoms with E-state index in [-0.39, 0.29) is 5.92 Å². The van der Waals surface area contributed by atoms with Crippen LogP contribution in [0.25, 0.3) is 49.7 Å². The summed E-state index contributed by atoms with van der Waals surface area (Å²) in [5.41, 5.74) is 13.0. The summed E-state index contributed by atoms with van der Waals surface area (Å²) in [6.07, 6.45) is 12.9. The lowest BCUT2D eigenvalue weighted by atomic mass is 9.85. The fraction of sp³-hybridized carbons (Fsp3) is 0.0833. The van der Waals surface area contributed by atoms with Gasteiger partial charge in [0.05, 0.1) is 11.0 Å². The first-order chi connectivity index (χ1) is 25.3. The van der Waals surface area contributed by atoms with Crippen molar-refractivity contribution in [3.05, 3.63) is 196 Å². The van der Waals surface area contributed by atoms with Crippen LogP contribution in [-0.2, 0) is 0 Å². The van der Waals surface area contributed by atoms with Gasteiger partial charge in [-0.05, 0) is 89.1 Å². The van der Waals surface area contributed by atoms with Gasteiger partial charge >= 0.3 is 0 Å². The lowest BCUT2D eigenvalue weighted by Gasteiger charge is -2.31. The Morgan fingerprint density at radius 2 is 1.29 bits per heavy atom. The molecule has 0 bridgehead atoms. The zero-order valence-electron chi connectivity index (χ0n) is 28.1. The minimum atomic E-state index is 0.221. The molecule has 0 amide bonds. The highest BCUT2D eigenvalue weighted by molar-refractivity contribution is 8.04. The Labute approximate surface area is 307 Å². The van der Waals surface area contributed by atoms with Crippen molar-refractivity contribution >= 4 is 45.3 Å². The SMILES string of the molecule is C1=CC2=C(Sc3cccc(-c4ccccc4)c3-c3ccccc3SC3=CCCC=C32)C(c2ccc3c4ccccc4n(-c4ccccc4)c3c2)C1. The van der Waals surface area contributed by atoms with E-state index < -0.39 is 0 Å². The second-order valence-electron chi connectivity index (χ2n) is 13.4. The molecule has 10 rings (SSSR count). The highest BCUT2D eigenvalue weighted by atomic mass is 32.2. The lowest BCUT2D eigenvalue weighted by molar-refractivity contribution is 0.831. The van der Waals surface area contributed by atoms with Crippen molar-refractivity contribution < 1.29 is 0 Å². The lowest BCUT2D eigenvalue weighted by Crippen LogP contribution is -2.10. The molecule has 0 saturated carbocycles. The smallest absolute Gasteiger partial charge is 0.0544 e. The number of fused-ring (bicyclic) bond motifs is 8. The zero-order chi connectivity index (χ0) is 33.7. The molecule has 7 aromatic rings. The second-order valence-corrected chi connectivity index (χ2v) is 15.6. The maximum Gasteiger partial charge on any atom is 0.0544 e. The topological polar surface area (TPSA) is 4.93 Å². The molecule has 0 N–H and O–H groups in total. The molecule has 1 unspecified atom stereocenters. The molecule has 0 radical (unpaired) electrons. The summed E-state index contributed by atoms with van der Waals surface area (Å²) in [7, 11) is 0. The van der Waals surface area contributed by atoms with Gasteiger partial charge in [-0.3, -0.25) is 0 Å². The third-order valence-electron chi connectivity index (χ3n) is 10.5. The third-order valence-corrected chi connectivity index (χ3v) is 12.9. The summed E-state index contributed by atoms with van der Waals surface area (Å²) in [6, 6.07) is 53.7. The third kappa shape index (κ3) is 5.26. The van der Waals surface area contributed by atoms with Crippen LogP contribution < -0.4 is 0 Å². The molecule has 3 aliphatic rings. The largest absolute Gasteiger partial charge is 0.309 e. The minimum absolute atomic E-state index is 0.221. The Morgan fingerprint density at radius 1 is 0.569 bits per heavy atom. The van der Waals surface area contributed by atoms with Crippen molar-refractivity contribution in [3.63, 3.8) is 0 Å². The predicted molar refractivity (Wildman–Crippen MR) is 219 cm³/mol. The van der Waals surface area contributed by atoms with Gasteiger partial charge in [-0.15, -0.1) is 0 Å². The van der Waals surface area contributed by atoms with Crippen molar-refractivity contribution in [2.45, 2.75) is 35.0 Å². The molecule has 0 spiro atoms. The molecule has 6 aromatic carbocycles. The van der Waals surface area contributed by atoms with Crippen LogP contribution >= 0.6 is 23.5 Å². The Hall–Kier alpha value is -5.22. The van der Waals surface area contributed by atoms with Crippen molar-refractivity contribution in [2.75, 3.05) is 0 Å². The van der Waals surface area contributed by atoms with E-state index in [1.165, 1.54) is 86.1 Å². The van der Waals surface area contributed by atoms with E-state index in [1.807, 2.05) is 23.5 Å². The Balaban J connectivity index is 1.21. The molecule has 2 aliphatic carbocycles. The van der Waals surface area contributed by atoms with E-state index >= 15 is 0 Å². The van der Waals surface area contributed by atoms with Gasteiger partial charge in [0, 0.05) is 47.5 Å². The molecule has 1 atom stereocenters. The number of thioether (sulfide) groups is 2. The molecule has 3 heteroatoms. The summed E-state index contributed by atoms with van der Waals surface area (Å²) in [6.45, 7) is 0. The molecule has 0 fully saturated rings. The van der Waals surface area contributed by atoms with Gasteiger partial charge in [0.25, 0.3) is 0 Å². The zero-order valence-corrected chi connectivity index (χ0v) is 29.8. The molecule has 1 nitrogen and oxygen atoms in total. The standard InChI is InChI=1S/C48H35NS2/c1-3-15-32(16-4-1)35-22-14-28-46-47(35)41-21-9-12-27-45(41)50-44-26-11-8-20-39(44)40-24-13-23-36(48(40)51-46)33-29-30-38-37-19-7-10-25-42(37)49(43(38)31-33)34-17-5-2-6-18-34/h1-7,9-10,12-22,24-31,36H,8,11,23H2. The van der Waals surface area contributed by atoms with Crippen molar-refractivity contribution in [2.24, 2.45) is 0 Å². The van der Waals surface area contributed by atoms with Crippen LogP contribution in [0.3, 0.4) is 0 Å². The number of hydrogen-bond acceptors (Lipinski definition) is 2. The van der Waals surface area contributed by atoms with Gasteiger partial charge < -0.3 is 4.57 Å². The van der Waals surface area contributed by atoms with E-state index in [2.05, 4.69) is 174 Å². The van der Waals surface area contributed by atoms with Gasteiger partial charge in [-0.1, -0.05) is 157 Å². The van der Waals surface area contributed by atoms with Crippen LogP contribution in [0.5, 0.6) is 0 Å². The maximum atomic E-state index is 2.49. The van der Waals surface area contributed by atoms with Crippen LogP contribution in [0.2, 0.25) is 0 Å². The number of rotatable bonds is 3. The Kier molecular flexibility index (Phi) is 7.70. The molecule has 2 heterocycles. The van der Waals surface area contributed by atoms with Gasteiger partial charge in [0.1, 0.15) is 0 Å². The average Bonchev–Trinajstić information content (AvgIpc) is 3.53. The summed E-state index contributed by atoms with van der Waals surface area (Å²) < 4.78 is 2.45. The minimum Gasteiger partial charge on any atom is -0.309 e. The quantitative estimate of drug-likeness (QED) is 0.182.